The lowest BCUT2D eigenvalue weighted by Crippen LogP contribution is -2.25. The SMILES string of the molecule is CC1(CCCC(F)F)OCCO1. The Morgan fingerprint density at radius 1 is 1.33 bits per heavy atom. The summed E-state index contributed by atoms with van der Waals surface area (Å²) in [5.74, 6) is -0.602. The number of hydrogen-bond donors (Lipinski definition) is 0. The first-order chi connectivity index (χ1) is 5.62. The lowest BCUT2D eigenvalue weighted by atomic mass is 10.1. The van der Waals surface area contributed by atoms with Gasteiger partial charge in [-0.1, -0.05) is 0 Å². The highest BCUT2D eigenvalue weighted by Crippen LogP contribution is 2.25. The Kier molecular flexibility index (Phi) is 3.40. The first kappa shape index (κ1) is 9.86. The lowest BCUT2D eigenvalue weighted by molar-refractivity contribution is -0.148. The Morgan fingerprint density at radius 2 is 1.92 bits per heavy atom. The summed E-state index contributed by atoms with van der Waals surface area (Å²) >= 11 is 0. The number of rotatable bonds is 4. The Labute approximate surface area is 70.8 Å². The minimum atomic E-state index is -2.21. The maximum atomic E-state index is 11.8. The van der Waals surface area contributed by atoms with Gasteiger partial charge < -0.3 is 9.47 Å². The summed E-state index contributed by atoms with van der Waals surface area (Å²) in [5, 5.41) is 0. The van der Waals surface area contributed by atoms with Crippen LogP contribution in [0, 0.1) is 0 Å². The molecule has 0 amide bonds. The van der Waals surface area contributed by atoms with E-state index in [1.807, 2.05) is 0 Å². The van der Waals surface area contributed by atoms with Crippen molar-refractivity contribution in [3.63, 3.8) is 0 Å². The van der Waals surface area contributed by atoms with Gasteiger partial charge in [0.1, 0.15) is 0 Å². The van der Waals surface area contributed by atoms with E-state index in [1.165, 1.54) is 0 Å². The molecule has 1 saturated heterocycles. The number of hydrogen-bond acceptors (Lipinski definition) is 2. The first-order valence-electron chi connectivity index (χ1n) is 4.18. The van der Waals surface area contributed by atoms with Crippen LogP contribution in [-0.2, 0) is 9.47 Å². The first-order valence-corrected chi connectivity index (χ1v) is 4.18. The average Bonchev–Trinajstić information content (AvgIpc) is 2.35. The molecule has 12 heavy (non-hydrogen) atoms. The fourth-order valence-electron chi connectivity index (χ4n) is 1.28. The van der Waals surface area contributed by atoms with Crippen LogP contribution in [0.25, 0.3) is 0 Å². The van der Waals surface area contributed by atoms with E-state index >= 15 is 0 Å². The number of alkyl halides is 2. The fourth-order valence-corrected chi connectivity index (χ4v) is 1.28. The van der Waals surface area contributed by atoms with Crippen molar-refractivity contribution in [3.8, 4) is 0 Å². The van der Waals surface area contributed by atoms with E-state index in [0.717, 1.165) is 0 Å². The van der Waals surface area contributed by atoms with Gasteiger partial charge in [-0.2, -0.15) is 0 Å². The van der Waals surface area contributed by atoms with Crippen molar-refractivity contribution in [1.82, 2.24) is 0 Å². The van der Waals surface area contributed by atoms with Crippen LogP contribution in [-0.4, -0.2) is 25.4 Å². The van der Waals surface area contributed by atoms with E-state index in [9.17, 15) is 8.78 Å². The van der Waals surface area contributed by atoms with Crippen LogP contribution in [0.4, 0.5) is 8.78 Å². The van der Waals surface area contributed by atoms with Gasteiger partial charge in [-0.25, -0.2) is 8.78 Å². The molecule has 0 N–H and O–H groups in total. The quantitative estimate of drug-likeness (QED) is 0.660. The number of ether oxygens (including phenoxy) is 2. The Balaban J connectivity index is 2.13. The van der Waals surface area contributed by atoms with Gasteiger partial charge in [0.25, 0.3) is 0 Å². The molecular formula is C8H14F2O2. The van der Waals surface area contributed by atoms with E-state index in [4.69, 9.17) is 9.47 Å². The van der Waals surface area contributed by atoms with Crippen LogP contribution in [0.1, 0.15) is 26.2 Å². The molecule has 1 heterocycles. The lowest BCUT2D eigenvalue weighted by Gasteiger charge is -2.21. The third kappa shape index (κ3) is 3.03. The van der Waals surface area contributed by atoms with Crippen molar-refractivity contribution in [2.75, 3.05) is 13.2 Å². The van der Waals surface area contributed by atoms with Crippen LogP contribution >= 0.6 is 0 Å². The molecular weight excluding hydrogens is 166 g/mol. The highest BCUT2D eigenvalue weighted by Gasteiger charge is 2.30. The number of halogens is 2. The molecule has 1 aliphatic heterocycles. The predicted molar refractivity (Wildman–Crippen MR) is 40.2 cm³/mol. The highest BCUT2D eigenvalue weighted by molar-refractivity contribution is 4.67. The fraction of sp³-hybridized carbons (Fsp3) is 1.00. The second-order valence-electron chi connectivity index (χ2n) is 3.11. The van der Waals surface area contributed by atoms with Crippen molar-refractivity contribution >= 4 is 0 Å². The molecule has 0 unspecified atom stereocenters. The summed E-state index contributed by atoms with van der Waals surface area (Å²) in [5.41, 5.74) is 0. The van der Waals surface area contributed by atoms with Crippen LogP contribution < -0.4 is 0 Å². The van der Waals surface area contributed by atoms with Crippen molar-refractivity contribution in [1.29, 1.82) is 0 Å². The van der Waals surface area contributed by atoms with Gasteiger partial charge in [-0.3, -0.25) is 0 Å². The van der Waals surface area contributed by atoms with E-state index < -0.39 is 12.2 Å². The molecule has 2 nitrogen and oxygen atoms in total. The van der Waals surface area contributed by atoms with Gasteiger partial charge in [-0.15, -0.1) is 0 Å². The predicted octanol–water partition coefficient (Wildman–Crippen LogP) is 2.18. The Bertz CT molecular complexity index is 133. The van der Waals surface area contributed by atoms with E-state index in [1.54, 1.807) is 6.92 Å². The smallest absolute Gasteiger partial charge is 0.238 e. The van der Waals surface area contributed by atoms with Crippen molar-refractivity contribution < 1.29 is 18.3 Å². The zero-order valence-electron chi connectivity index (χ0n) is 7.19. The molecule has 0 aliphatic carbocycles. The van der Waals surface area contributed by atoms with E-state index in [-0.39, 0.29) is 6.42 Å². The Morgan fingerprint density at radius 3 is 2.42 bits per heavy atom. The molecule has 0 saturated carbocycles. The van der Waals surface area contributed by atoms with Crippen LogP contribution in [0.15, 0.2) is 0 Å². The maximum absolute atomic E-state index is 11.8. The molecule has 4 heteroatoms. The summed E-state index contributed by atoms with van der Waals surface area (Å²) in [6.07, 6.45) is -1.27. The van der Waals surface area contributed by atoms with Gasteiger partial charge >= 0.3 is 0 Å². The van der Waals surface area contributed by atoms with Crippen LogP contribution in [0.5, 0.6) is 0 Å². The third-order valence-electron chi connectivity index (χ3n) is 1.95. The standard InChI is InChI=1S/C8H14F2O2/c1-8(11-5-6-12-8)4-2-3-7(9)10/h7H,2-6H2,1H3. The molecule has 1 rings (SSSR count). The zero-order chi connectivity index (χ0) is 9.03. The maximum Gasteiger partial charge on any atom is 0.238 e. The second-order valence-corrected chi connectivity index (χ2v) is 3.11. The summed E-state index contributed by atoms with van der Waals surface area (Å²) in [4.78, 5) is 0. The minimum Gasteiger partial charge on any atom is -0.348 e. The third-order valence-corrected chi connectivity index (χ3v) is 1.95. The van der Waals surface area contributed by atoms with Crippen LogP contribution in [0.2, 0.25) is 0 Å². The van der Waals surface area contributed by atoms with Crippen molar-refractivity contribution in [2.45, 2.75) is 38.4 Å². The minimum absolute atomic E-state index is 0.0672. The molecule has 0 aromatic heterocycles. The molecule has 0 aromatic rings. The highest BCUT2D eigenvalue weighted by atomic mass is 19.3. The van der Waals surface area contributed by atoms with Gasteiger partial charge in [0.15, 0.2) is 5.79 Å². The topological polar surface area (TPSA) is 18.5 Å². The monoisotopic (exact) mass is 180 g/mol. The summed E-state index contributed by atoms with van der Waals surface area (Å²) in [6.45, 7) is 2.95. The zero-order valence-corrected chi connectivity index (χ0v) is 7.19. The molecule has 1 fully saturated rings. The molecule has 0 aromatic carbocycles. The Hall–Kier alpha value is -0.220. The normalized spacial score (nSPS) is 22.0. The van der Waals surface area contributed by atoms with Gasteiger partial charge in [0.05, 0.1) is 13.2 Å². The van der Waals surface area contributed by atoms with Gasteiger partial charge in [0.2, 0.25) is 6.43 Å². The van der Waals surface area contributed by atoms with Crippen molar-refractivity contribution in [2.24, 2.45) is 0 Å². The van der Waals surface area contributed by atoms with E-state index in [2.05, 4.69) is 0 Å². The van der Waals surface area contributed by atoms with Crippen LogP contribution in [0.3, 0.4) is 0 Å². The molecule has 0 bridgehead atoms. The second kappa shape index (κ2) is 4.14. The summed E-state index contributed by atoms with van der Waals surface area (Å²) in [6, 6.07) is 0. The largest absolute Gasteiger partial charge is 0.348 e. The van der Waals surface area contributed by atoms with Crippen molar-refractivity contribution in [3.05, 3.63) is 0 Å². The summed E-state index contributed by atoms with van der Waals surface area (Å²) < 4.78 is 34.0. The summed E-state index contributed by atoms with van der Waals surface area (Å²) in [7, 11) is 0. The molecule has 1 aliphatic rings. The molecule has 0 spiro atoms. The van der Waals surface area contributed by atoms with E-state index in [0.29, 0.717) is 26.1 Å². The average molecular weight is 180 g/mol. The molecule has 0 atom stereocenters. The molecule has 0 radical (unpaired) electrons. The van der Waals surface area contributed by atoms with Gasteiger partial charge in [-0.05, 0) is 13.3 Å². The van der Waals surface area contributed by atoms with Gasteiger partial charge in [0, 0.05) is 12.8 Å². The molecule has 72 valence electrons.